The molecule has 2 fully saturated rings. The van der Waals surface area contributed by atoms with Crippen LogP contribution in [0.25, 0.3) is 0 Å². The van der Waals surface area contributed by atoms with Crippen molar-refractivity contribution in [1.29, 1.82) is 0 Å². The lowest BCUT2D eigenvalue weighted by Gasteiger charge is -2.38. The highest BCUT2D eigenvalue weighted by Gasteiger charge is 2.25. The molecule has 2 aliphatic heterocycles. The number of likely N-dealkylation sites (tertiary alicyclic amines) is 1. The Morgan fingerprint density at radius 2 is 2.11 bits per heavy atom. The molecule has 0 spiro atoms. The Kier molecular flexibility index (Phi) is 5.42. The highest BCUT2D eigenvalue weighted by atomic mass is 16.5. The molecule has 0 aromatic rings. The lowest BCUT2D eigenvalue weighted by molar-refractivity contribution is -0.0735. The van der Waals surface area contributed by atoms with Crippen LogP contribution in [0.1, 0.15) is 32.6 Å². The standard InChI is InChI=1S/C14H29N3O/c1-12-10-17(11-14(9-15)18-12)8-6-13-5-3-4-7-16(13)2/h12-14H,3-11,15H2,1-2H3. The van der Waals surface area contributed by atoms with Crippen LogP contribution in [0.15, 0.2) is 0 Å². The zero-order valence-corrected chi connectivity index (χ0v) is 12.0. The van der Waals surface area contributed by atoms with Crippen molar-refractivity contribution in [3.63, 3.8) is 0 Å². The number of ether oxygens (including phenoxy) is 1. The van der Waals surface area contributed by atoms with Gasteiger partial charge in [0.2, 0.25) is 0 Å². The molecule has 0 bridgehead atoms. The molecule has 2 saturated heterocycles. The molecular formula is C14H29N3O. The molecule has 3 atom stereocenters. The van der Waals surface area contributed by atoms with Gasteiger partial charge in [0, 0.05) is 25.7 Å². The molecule has 3 unspecified atom stereocenters. The summed E-state index contributed by atoms with van der Waals surface area (Å²) in [6, 6.07) is 0.785. The minimum absolute atomic E-state index is 0.234. The van der Waals surface area contributed by atoms with Crippen molar-refractivity contribution in [1.82, 2.24) is 9.80 Å². The third-order valence-electron chi connectivity index (χ3n) is 4.36. The zero-order chi connectivity index (χ0) is 13.0. The summed E-state index contributed by atoms with van der Waals surface area (Å²) in [7, 11) is 2.27. The zero-order valence-electron chi connectivity index (χ0n) is 12.0. The van der Waals surface area contributed by atoms with E-state index in [2.05, 4.69) is 23.8 Å². The topological polar surface area (TPSA) is 41.7 Å². The summed E-state index contributed by atoms with van der Waals surface area (Å²) in [5, 5.41) is 0. The van der Waals surface area contributed by atoms with Crippen LogP contribution in [0.4, 0.5) is 0 Å². The molecule has 18 heavy (non-hydrogen) atoms. The summed E-state index contributed by atoms with van der Waals surface area (Å²) in [6.07, 6.45) is 6.00. The van der Waals surface area contributed by atoms with E-state index >= 15 is 0 Å². The van der Waals surface area contributed by atoms with Crippen molar-refractivity contribution in [3.8, 4) is 0 Å². The molecule has 0 aliphatic carbocycles. The van der Waals surface area contributed by atoms with Gasteiger partial charge in [-0.15, -0.1) is 0 Å². The number of piperidine rings is 1. The first kappa shape index (κ1) is 14.3. The number of nitrogens with two attached hydrogens (primary N) is 1. The monoisotopic (exact) mass is 255 g/mol. The summed E-state index contributed by atoms with van der Waals surface area (Å²) < 4.78 is 5.80. The van der Waals surface area contributed by atoms with Gasteiger partial charge < -0.3 is 15.4 Å². The quantitative estimate of drug-likeness (QED) is 0.811. The van der Waals surface area contributed by atoms with Crippen LogP contribution < -0.4 is 5.73 Å². The SMILES string of the molecule is CC1CN(CCC2CCCCN2C)CC(CN)O1. The number of nitrogens with zero attached hydrogens (tertiary/aromatic N) is 2. The van der Waals surface area contributed by atoms with Crippen molar-refractivity contribution in [2.75, 3.05) is 39.8 Å². The van der Waals surface area contributed by atoms with Crippen LogP contribution in [-0.4, -0.2) is 67.8 Å². The molecule has 0 aromatic carbocycles. The minimum Gasteiger partial charge on any atom is -0.371 e. The van der Waals surface area contributed by atoms with E-state index < -0.39 is 0 Å². The van der Waals surface area contributed by atoms with Crippen LogP contribution in [0.3, 0.4) is 0 Å². The minimum atomic E-state index is 0.234. The molecule has 0 aromatic heterocycles. The molecule has 0 saturated carbocycles. The lowest BCUT2D eigenvalue weighted by Crippen LogP contribution is -2.50. The Labute approximate surface area is 111 Å². The second-order valence-corrected chi connectivity index (χ2v) is 5.98. The van der Waals surface area contributed by atoms with Gasteiger partial charge in [0.25, 0.3) is 0 Å². The van der Waals surface area contributed by atoms with E-state index in [1.54, 1.807) is 0 Å². The molecule has 2 rings (SSSR count). The van der Waals surface area contributed by atoms with E-state index in [0.29, 0.717) is 12.6 Å². The van der Waals surface area contributed by atoms with Crippen molar-refractivity contribution in [2.24, 2.45) is 5.73 Å². The molecule has 4 nitrogen and oxygen atoms in total. The molecule has 2 N–H and O–H groups in total. The van der Waals surface area contributed by atoms with E-state index in [4.69, 9.17) is 10.5 Å². The number of hydrogen-bond acceptors (Lipinski definition) is 4. The van der Waals surface area contributed by atoms with Crippen molar-refractivity contribution >= 4 is 0 Å². The molecule has 4 heteroatoms. The van der Waals surface area contributed by atoms with Gasteiger partial charge in [0.15, 0.2) is 0 Å². The molecule has 106 valence electrons. The van der Waals surface area contributed by atoms with Gasteiger partial charge in [-0.05, 0) is 46.3 Å². The average molecular weight is 255 g/mol. The lowest BCUT2D eigenvalue weighted by atomic mass is 9.99. The van der Waals surface area contributed by atoms with Crippen molar-refractivity contribution in [2.45, 2.75) is 50.9 Å². The molecular weight excluding hydrogens is 226 g/mol. The Morgan fingerprint density at radius 1 is 1.28 bits per heavy atom. The maximum absolute atomic E-state index is 5.80. The Bertz CT molecular complexity index is 249. The average Bonchev–Trinajstić information content (AvgIpc) is 2.37. The second kappa shape index (κ2) is 6.85. The first-order valence-corrected chi connectivity index (χ1v) is 7.47. The van der Waals surface area contributed by atoms with E-state index in [1.807, 2.05) is 0 Å². The van der Waals surface area contributed by atoms with E-state index in [9.17, 15) is 0 Å². The van der Waals surface area contributed by atoms with E-state index in [0.717, 1.165) is 19.1 Å². The fourth-order valence-corrected chi connectivity index (χ4v) is 3.29. The fourth-order valence-electron chi connectivity index (χ4n) is 3.29. The van der Waals surface area contributed by atoms with Gasteiger partial charge in [-0.25, -0.2) is 0 Å². The van der Waals surface area contributed by atoms with Gasteiger partial charge in [-0.1, -0.05) is 6.42 Å². The Hall–Kier alpha value is -0.160. The van der Waals surface area contributed by atoms with E-state index in [1.165, 1.54) is 38.8 Å². The largest absolute Gasteiger partial charge is 0.371 e. The number of rotatable bonds is 4. The van der Waals surface area contributed by atoms with Crippen LogP contribution >= 0.6 is 0 Å². The highest BCUT2D eigenvalue weighted by molar-refractivity contribution is 4.80. The van der Waals surface area contributed by atoms with Crippen LogP contribution in [0.5, 0.6) is 0 Å². The van der Waals surface area contributed by atoms with Crippen molar-refractivity contribution in [3.05, 3.63) is 0 Å². The first-order chi connectivity index (χ1) is 8.69. The van der Waals surface area contributed by atoms with Gasteiger partial charge in [0.1, 0.15) is 0 Å². The third-order valence-corrected chi connectivity index (χ3v) is 4.36. The first-order valence-electron chi connectivity index (χ1n) is 7.47. The normalized spacial score (nSPS) is 35.8. The smallest absolute Gasteiger partial charge is 0.0828 e. The van der Waals surface area contributed by atoms with Crippen LogP contribution in [-0.2, 0) is 4.74 Å². The predicted octanol–water partition coefficient (Wildman–Crippen LogP) is 0.909. The van der Waals surface area contributed by atoms with Gasteiger partial charge >= 0.3 is 0 Å². The summed E-state index contributed by atoms with van der Waals surface area (Å²) in [6.45, 7) is 7.34. The third kappa shape index (κ3) is 3.92. The second-order valence-electron chi connectivity index (χ2n) is 5.98. The van der Waals surface area contributed by atoms with Gasteiger partial charge in [0.05, 0.1) is 12.2 Å². The summed E-state index contributed by atoms with van der Waals surface area (Å²) in [4.78, 5) is 5.07. The Morgan fingerprint density at radius 3 is 2.83 bits per heavy atom. The van der Waals surface area contributed by atoms with Crippen molar-refractivity contribution < 1.29 is 4.74 Å². The molecule has 0 amide bonds. The summed E-state index contributed by atoms with van der Waals surface area (Å²) >= 11 is 0. The molecule has 2 aliphatic rings. The molecule has 0 radical (unpaired) electrons. The maximum Gasteiger partial charge on any atom is 0.0828 e. The summed E-state index contributed by atoms with van der Waals surface area (Å²) in [5.41, 5.74) is 5.73. The van der Waals surface area contributed by atoms with Gasteiger partial charge in [-0.3, -0.25) is 4.90 Å². The maximum atomic E-state index is 5.80. The van der Waals surface area contributed by atoms with Crippen LogP contribution in [0.2, 0.25) is 0 Å². The number of hydrogen-bond donors (Lipinski definition) is 1. The predicted molar refractivity (Wildman–Crippen MR) is 74.7 cm³/mol. The van der Waals surface area contributed by atoms with Gasteiger partial charge in [-0.2, -0.15) is 0 Å². The highest BCUT2D eigenvalue weighted by Crippen LogP contribution is 2.19. The number of morpholine rings is 1. The van der Waals surface area contributed by atoms with Crippen LogP contribution in [0, 0.1) is 0 Å². The fraction of sp³-hybridized carbons (Fsp3) is 1.00. The molecule has 2 heterocycles. The Balaban J connectivity index is 1.74. The summed E-state index contributed by atoms with van der Waals surface area (Å²) in [5.74, 6) is 0. The van der Waals surface area contributed by atoms with E-state index in [-0.39, 0.29) is 6.10 Å².